The first-order valence-electron chi connectivity index (χ1n) is 11.4. The maximum atomic E-state index is 14.2. The molecule has 0 spiro atoms. The third-order valence-corrected chi connectivity index (χ3v) is 5.98. The number of nitrogens with zero attached hydrogens (tertiary/aromatic N) is 4. The fraction of sp³-hybridized carbons (Fsp3) is 0.320. The molecule has 3 atom stereocenters. The van der Waals surface area contributed by atoms with Crippen molar-refractivity contribution >= 4 is 34.7 Å². The van der Waals surface area contributed by atoms with E-state index < -0.39 is 23.9 Å². The normalized spacial score (nSPS) is 18.1. The van der Waals surface area contributed by atoms with Crippen LogP contribution in [0.15, 0.2) is 46.5 Å². The quantitative estimate of drug-likeness (QED) is 0.429. The predicted molar refractivity (Wildman–Crippen MR) is 129 cm³/mol. The molecule has 7 nitrogen and oxygen atoms in total. The van der Waals surface area contributed by atoms with Crippen LogP contribution in [0.1, 0.15) is 49.8 Å². The number of nitrogens with one attached hydrogen (secondary N) is 1. The Hall–Kier alpha value is -3.46. The topological polar surface area (TPSA) is 79.0 Å². The van der Waals surface area contributed by atoms with E-state index in [1.54, 1.807) is 10.8 Å². The second-order valence-electron chi connectivity index (χ2n) is 8.27. The molecule has 0 saturated carbocycles. The van der Waals surface area contributed by atoms with E-state index in [-0.39, 0.29) is 28.9 Å². The van der Waals surface area contributed by atoms with Gasteiger partial charge in [0.15, 0.2) is 19.6 Å². The minimum atomic E-state index is -1.86. The lowest BCUT2D eigenvalue weighted by atomic mass is 10.0. The standard InChI is InChI=1S/C25H24ClF2N5O2/c1-13-8-19(24-29-12-30-33(24)4)17-6-5-7-22(23(17)31-13)35-11-20-18(9-16(28)10-21(20)26)15(3)32-25(34)14(2)27/h5-10,12,14-15,24H,11H2,1-4H3/p+1/t14-,15+,24?/m1/s1/i15D. The number of azo groups is 2. The van der Waals surface area contributed by atoms with Gasteiger partial charge >= 0.3 is 0 Å². The molecule has 4 rings (SSSR count). The van der Waals surface area contributed by atoms with E-state index in [0.29, 0.717) is 11.3 Å². The number of alkyl halides is 1. The van der Waals surface area contributed by atoms with Crippen molar-refractivity contribution in [3.8, 4) is 5.75 Å². The number of ether oxygens (including phenoxy) is 1. The molecule has 2 aromatic carbocycles. The number of carbonyl (C=O) groups is 1. The van der Waals surface area contributed by atoms with Crippen LogP contribution in [0.4, 0.5) is 8.78 Å². The highest BCUT2D eigenvalue weighted by Gasteiger charge is 2.27. The number of hydrogen-bond donors (Lipinski definition) is 1. The third kappa shape index (κ3) is 5.14. The SMILES string of the molecule is [2H][C@@](C)(NC(=O)[C@@H](C)F)c1cc(F)cc(Cl)c1COc1cccc2c(C3N=CN=[N+]3C)cc(C)nc12. The first-order chi connectivity index (χ1) is 17.0. The average molecular weight is 502 g/mol. The maximum absolute atomic E-state index is 14.2. The molecule has 1 unspecified atom stereocenters. The van der Waals surface area contributed by atoms with Crippen molar-refractivity contribution in [3.63, 3.8) is 0 Å². The monoisotopic (exact) mass is 501 g/mol. The number of benzene rings is 2. The minimum absolute atomic E-state index is 0.0135. The zero-order chi connectivity index (χ0) is 26.2. The van der Waals surface area contributed by atoms with Crippen molar-refractivity contribution in [3.05, 3.63) is 69.6 Å². The molecule has 10 heteroatoms. The summed E-state index contributed by atoms with van der Waals surface area (Å²) in [5.41, 5.74) is 2.59. The summed E-state index contributed by atoms with van der Waals surface area (Å²) in [6.07, 6.45) is -0.632. The Bertz CT molecular complexity index is 1410. The molecular formula is C25H25ClF2N5O2+. The lowest BCUT2D eigenvalue weighted by molar-refractivity contribution is -0.594. The summed E-state index contributed by atoms with van der Waals surface area (Å²) in [5.74, 6) is -1.25. The molecule has 2 heterocycles. The summed E-state index contributed by atoms with van der Waals surface area (Å²) in [6.45, 7) is 4.09. The van der Waals surface area contributed by atoms with E-state index in [0.717, 1.165) is 35.7 Å². The summed E-state index contributed by atoms with van der Waals surface area (Å²) in [5, 5.41) is 7.30. The van der Waals surface area contributed by atoms with Crippen LogP contribution in [-0.2, 0) is 11.4 Å². The van der Waals surface area contributed by atoms with E-state index >= 15 is 0 Å². The molecule has 1 aliphatic rings. The van der Waals surface area contributed by atoms with Crippen molar-refractivity contribution in [1.82, 2.24) is 10.3 Å². The number of aromatic nitrogens is 1. The Morgan fingerprint density at radius 3 is 2.80 bits per heavy atom. The summed E-state index contributed by atoms with van der Waals surface area (Å²) < 4.78 is 44.2. The molecule has 1 aromatic heterocycles. The van der Waals surface area contributed by atoms with Crippen molar-refractivity contribution in [2.24, 2.45) is 10.1 Å². The van der Waals surface area contributed by atoms with Gasteiger partial charge in [0.1, 0.15) is 23.7 Å². The van der Waals surface area contributed by atoms with Crippen LogP contribution in [0.2, 0.25) is 5.02 Å². The van der Waals surface area contributed by atoms with E-state index in [4.69, 9.17) is 17.7 Å². The Morgan fingerprint density at radius 1 is 1.34 bits per heavy atom. The van der Waals surface area contributed by atoms with Gasteiger partial charge in [0, 0.05) is 21.8 Å². The van der Waals surface area contributed by atoms with Gasteiger partial charge in [0.05, 0.1) is 18.0 Å². The third-order valence-electron chi connectivity index (χ3n) is 5.64. The van der Waals surface area contributed by atoms with Crippen LogP contribution in [0.5, 0.6) is 5.75 Å². The summed E-state index contributed by atoms with van der Waals surface area (Å²) >= 11 is 6.34. The molecule has 3 aromatic rings. The lowest BCUT2D eigenvalue weighted by Gasteiger charge is -2.20. The fourth-order valence-corrected chi connectivity index (χ4v) is 4.17. The second kappa shape index (κ2) is 10.0. The number of pyridine rings is 1. The predicted octanol–water partition coefficient (Wildman–Crippen LogP) is 5.58. The smallest absolute Gasteiger partial charge is 0.298 e. The van der Waals surface area contributed by atoms with E-state index in [2.05, 4.69) is 20.4 Å². The summed E-state index contributed by atoms with van der Waals surface area (Å²) in [7, 11) is 1.83. The van der Waals surface area contributed by atoms with Gasteiger partial charge in [-0.25, -0.2) is 13.8 Å². The molecule has 35 heavy (non-hydrogen) atoms. The number of halogens is 3. The highest BCUT2D eigenvalue weighted by molar-refractivity contribution is 6.31. The van der Waals surface area contributed by atoms with Gasteiger partial charge in [-0.05, 0) is 50.6 Å². The largest absolute Gasteiger partial charge is 0.487 e. The molecule has 0 saturated heterocycles. The van der Waals surface area contributed by atoms with Crippen LogP contribution in [0.25, 0.3) is 10.9 Å². The zero-order valence-electron chi connectivity index (χ0n) is 20.6. The molecule has 182 valence electrons. The summed E-state index contributed by atoms with van der Waals surface area (Å²) in [4.78, 5) is 21.0. The zero-order valence-corrected chi connectivity index (χ0v) is 20.4. The maximum Gasteiger partial charge on any atom is 0.298 e. The van der Waals surface area contributed by atoms with Crippen LogP contribution < -0.4 is 10.1 Å². The molecule has 1 N–H and O–H groups in total. The van der Waals surface area contributed by atoms with Crippen molar-refractivity contribution < 1.29 is 24.4 Å². The van der Waals surface area contributed by atoms with Crippen molar-refractivity contribution in [2.75, 3.05) is 7.05 Å². The number of para-hydroxylation sites is 1. The molecule has 0 radical (unpaired) electrons. The van der Waals surface area contributed by atoms with E-state index in [1.807, 2.05) is 32.2 Å². The van der Waals surface area contributed by atoms with Crippen LogP contribution in [0, 0.1) is 12.7 Å². The first kappa shape index (κ1) is 23.3. The van der Waals surface area contributed by atoms with Gasteiger partial charge < -0.3 is 10.1 Å². The van der Waals surface area contributed by atoms with Gasteiger partial charge in [-0.1, -0.05) is 28.4 Å². The van der Waals surface area contributed by atoms with Gasteiger partial charge in [0.2, 0.25) is 0 Å². The summed E-state index contributed by atoms with van der Waals surface area (Å²) in [6, 6.07) is 7.74. The number of carbonyl (C=O) groups excluding carboxylic acids is 1. The van der Waals surface area contributed by atoms with Crippen LogP contribution in [0.3, 0.4) is 0 Å². The average Bonchev–Trinajstić information content (AvgIpc) is 3.22. The number of aryl methyl sites for hydroxylation is 1. The van der Waals surface area contributed by atoms with Crippen LogP contribution >= 0.6 is 11.6 Å². The van der Waals surface area contributed by atoms with Gasteiger partial charge in [-0.15, -0.1) is 0 Å². The Labute approximate surface area is 207 Å². The number of rotatable bonds is 7. The van der Waals surface area contributed by atoms with E-state index in [9.17, 15) is 13.6 Å². The molecule has 1 aliphatic heterocycles. The molecule has 1 amide bonds. The first-order valence-corrected chi connectivity index (χ1v) is 11.3. The van der Waals surface area contributed by atoms with Gasteiger partial charge in [0.25, 0.3) is 12.1 Å². The highest BCUT2D eigenvalue weighted by Crippen LogP contribution is 2.34. The molecule has 0 bridgehead atoms. The highest BCUT2D eigenvalue weighted by atomic mass is 35.5. The van der Waals surface area contributed by atoms with Gasteiger partial charge in [-0.2, -0.15) is 4.99 Å². The second-order valence-corrected chi connectivity index (χ2v) is 8.67. The van der Waals surface area contributed by atoms with Crippen molar-refractivity contribution in [2.45, 2.75) is 45.7 Å². The number of aliphatic imine (C=N–C) groups is 1. The fourth-order valence-electron chi connectivity index (χ4n) is 3.91. The number of amides is 1. The molecular weight excluding hydrogens is 476 g/mol. The minimum Gasteiger partial charge on any atom is -0.487 e. The van der Waals surface area contributed by atoms with Gasteiger partial charge in [-0.3, -0.25) is 4.79 Å². The van der Waals surface area contributed by atoms with Crippen molar-refractivity contribution in [1.29, 1.82) is 0 Å². The molecule has 0 aliphatic carbocycles. The van der Waals surface area contributed by atoms with E-state index in [1.165, 1.54) is 13.3 Å². The Morgan fingerprint density at radius 2 is 2.11 bits per heavy atom. The number of fused-ring (bicyclic) bond motifs is 1. The Balaban J connectivity index is 1.72. The molecule has 0 fully saturated rings. The Kier molecular flexibility index (Phi) is 6.68. The lowest BCUT2D eigenvalue weighted by Crippen LogP contribution is -2.33. The number of hydrogen-bond acceptors (Lipinski definition) is 5. The van der Waals surface area contributed by atoms with Crippen LogP contribution in [-0.4, -0.2) is 35.1 Å².